The molecular formula is C14H14N6O2. The predicted octanol–water partition coefficient (Wildman–Crippen LogP) is 1.04. The molecule has 2 N–H and O–H groups in total. The molecular weight excluding hydrogens is 284 g/mol. The fourth-order valence-corrected chi connectivity index (χ4v) is 2.05. The summed E-state index contributed by atoms with van der Waals surface area (Å²) in [6.07, 6.45) is 5.43. The summed E-state index contributed by atoms with van der Waals surface area (Å²) in [5, 5.41) is 4.03. The number of hydrogen-bond acceptors (Lipinski definition) is 7. The normalized spacial score (nSPS) is 10.8. The van der Waals surface area contributed by atoms with E-state index in [0.717, 1.165) is 22.4 Å². The molecule has 3 rings (SSSR count). The van der Waals surface area contributed by atoms with Crippen LogP contribution in [0.15, 0.2) is 33.9 Å². The Morgan fingerprint density at radius 1 is 1.23 bits per heavy atom. The molecule has 3 heterocycles. The molecule has 0 bridgehead atoms. The maximum atomic E-state index is 11.4. The molecule has 0 aliphatic rings. The van der Waals surface area contributed by atoms with E-state index in [4.69, 9.17) is 10.2 Å². The summed E-state index contributed by atoms with van der Waals surface area (Å²) in [4.78, 5) is 24.1. The van der Waals surface area contributed by atoms with Crippen LogP contribution in [0.4, 0.5) is 5.82 Å². The van der Waals surface area contributed by atoms with Crippen LogP contribution >= 0.6 is 0 Å². The second-order valence-electron chi connectivity index (χ2n) is 4.70. The number of nitrogens with zero attached hydrogens (tertiary/aromatic N) is 5. The van der Waals surface area contributed by atoms with Crippen LogP contribution in [0.3, 0.4) is 0 Å². The molecule has 0 aliphatic carbocycles. The third-order valence-corrected chi connectivity index (χ3v) is 3.19. The Labute approximate surface area is 125 Å². The van der Waals surface area contributed by atoms with E-state index >= 15 is 0 Å². The zero-order chi connectivity index (χ0) is 15.7. The molecule has 0 amide bonds. The van der Waals surface area contributed by atoms with Crippen LogP contribution in [0.25, 0.3) is 22.7 Å². The minimum Gasteiger partial charge on any atom is -0.388 e. The first-order valence-corrected chi connectivity index (χ1v) is 6.69. The van der Waals surface area contributed by atoms with Crippen molar-refractivity contribution in [2.45, 2.75) is 13.3 Å². The second-order valence-corrected chi connectivity index (χ2v) is 4.70. The van der Waals surface area contributed by atoms with Crippen LogP contribution in [0, 0.1) is 0 Å². The van der Waals surface area contributed by atoms with E-state index in [1.54, 1.807) is 12.4 Å². The first-order chi connectivity index (χ1) is 10.6. The summed E-state index contributed by atoms with van der Waals surface area (Å²) in [6.45, 7) is 2.00. The van der Waals surface area contributed by atoms with Crippen molar-refractivity contribution in [3.05, 3.63) is 40.9 Å². The Balaban J connectivity index is 2.14. The van der Waals surface area contributed by atoms with Crippen molar-refractivity contribution >= 4 is 5.82 Å². The molecule has 0 radical (unpaired) electrons. The molecule has 0 unspecified atom stereocenters. The second kappa shape index (κ2) is 5.40. The van der Waals surface area contributed by atoms with Crippen LogP contribution in [-0.4, -0.2) is 24.7 Å². The summed E-state index contributed by atoms with van der Waals surface area (Å²) in [6, 6.07) is 1.83. The van der Waals surface area contributed by atoms with Gasteiger partial charge >= 0.3 is 5.76 Å². The number of nitrogens with two attached hydrogens (primary N) is 1. The van der Waals surface area contributed by atoms with E-state index in [9.17, 15) is 4.79 Å². The van der Waals surface area contributed by atoms with Crippen LogP contribution in [0.1, 0.15) is 12.6 Å². The summed E-state index contributed by atoms with van der Waals surface area (Å²) in [5.41, 5.74) is 8.48. The molecule has 0 saturated heterocycles. The summed E-state index contributed by atoms with van der Waals surface area (Å²) < 4.78 is 6.21. The highest BCUT2D eigenvalue weighted by atomic mass is 16.4. The van der Waals surface area contributed by atoms with Gasteiger partial charge in [0, 0.05) is 24.5 Å². The van der Waals surface area contributed by atoms with E-state index in [1.165, 1.54) is 13.2 Å². The lowest BCUT2D eigenvalue weighted by Gasteiger charge is -2.07. The number of nitrogen functional groups attached to an aromatic ring is 1. The SMILES string of the molecule is CCc1ncc(-c2nn(C)c(=O)o2)cc1-c1cnc(N)cn1. The van der Waals surface area contributed by atoms with Gasteiger partial charge in [-0.25, -0.2) is 9.78 Å². The molecule has 8 heteroatoms. The highest BCUT2D eigenvalue weighted by molar-refractivity contribution is 5.68. The van der Waals surface area contributed by atoms with Gasteiger partial charge < -0.3 is 10.2 Å². The zero-order valence-corrected chi connectivity index (χ0v) is 12.1. The van der Waals surface area contributed by atoms with E-state index in [2.05, 4.69) is 20.1 Å². The number of aromatic nitrogens is 5. The van der Waals surface area contributed by atoms with Gasteiger partial charge in [0.05, 0.1) is 23.7 Å². The van der Waals surface area contributed by atoms with Crippen LogP contribution in [0.2, 0.25) is 0 Å². The monoisotopic (exact) mass is 298 g/mol. The Hall–Kier alpha value is -3.03. The standard InChI is InChI=1S/C14H14N6O2/c1-3-10-9(11-6-18-12(15)7-17-11)4-8(5-16-10)13-19-20(2)14(21)22-13/h4-7H,3H2,1-2H3,(H2,15,18). The van der Waals surface area contributed by atoms with E-state index in [0.29, 0.717) is 17.1 Å². The van der Waals surface area contributed by atoms with Gasteiger partial charge in [0.1, 0.15) is 5.82 Å². The molecule has 0 aromatic carbocycles. The topological polar surface area (TPSA) is 113 Å². The molecule has 8 nitrogen and oxygen atoms in total. The summed E-state index contributed by atoms with van der Waals surface area (Å²) in [5.74, 6) is 0.0392. The van der Waals surface area contributed by atoms with Gasteiger partial charge in [-0.2, -0.15) is 4.68 Å². The highest BCUT2D eigenvalue weighted by Gasteiger charge is 2.13. The maximum Gasteiger partial charge on any atom is 0.437 e. The Morgan fingerprint density at radius 3 is 2.64 bits per heavy atom. The van der Waals surface area contributed by atoms with Gasteiger partial charge in [-0.05, 0) is 12.5 Å². The number of rotatable bonds is 3. The van der Waals surface area contributed by atoms with Crippen molar-refractivity contribution in [2.75, 3.05) is 5.73 Å². The lowest BCUT2D eigenvalue weighted by atomic mass is 10.1. The van der Waals surface area contributed by atoms with Gasteiger partial charge in [0.25, 0.3) is 5.89 Å². The average molecular weight is 298 g/mol. The van der Waals surface area contributed by atoms with Gasteiger partial charge in [-0.1, -0.05) is 6.92 Å². The van der Waals surface area contributed by atoms with Crippen molar-refractivity contribution < 1.29 is 4.42 Å². The third kappa shape index (κ3) is 2.46. The van der Waals surface area contributed by atoms with Crippen LogP contribution in [-0.2, 0) is 13.5 Å². The Morgan fingerprint density at radius 2 is 2.05 bits per heavy atom. The Kier molecular flexibility index (Phi) is 3.42. The molecule has 3 aromatic heterocycles. The van der Waals surface area contributed by atoms with Crippen molar-refractivity contribution in [3.63, 3.8) is 0 Å². The fraction of sp³-hybridized carbons (Fsp3) is 0.214. The minimum atomic E-state index is -0.525. The number of anilines is 1. The van der Waals surface area contributed by atoms with Gasteiger partial charge in [-0.15, -0.1) is 5.10 Å². The number of pyridine rings is 1. The van der Waals surface area contributed by atoms with E-state index in [-0.39, 0.29) is 5.89 Å². The fourth-order valence-electron chi connectivity index (χ4n) is 2.05. The van der Waals surface area contributed by atoms with Crippen LogP contribution in [0.5, 0.6) is 0 Å². The molecule has 22 heavy (non-hydrogen) atoms. The molecule has 112 valence electrons. The third-order valence-electron chi connectivity index (χ3n) is 3.19. The smallest absolute Gasteiger partial charge is 0.388 e. The maximum absolute atomic E-state index is 11.4. The minimum absolute atomic E-state index is 0.215. The van der Waals surface area contributed by atoms with Crippen molar-refractivity contribution in [1.82, 2.24) is 24.7 Å². The van der Waals surface area contributed by atoms with E-state index < -0.39 is 5.76 Å². The first kappa shape index (κ1) is 13.9. The first-order valence-electron chi connectivity index (χ1n) is 6.69. The molecule has 0 aliphatic heterocycles. The lowest BCUT2D eigenvalue weighted by Crippen LogP contribution is -2.09. The van der Waals surface area contributed by atoms with Crippen LogP contribution < -0.4 is 11.5 Å². The van der Waals surface area contributed by atoms with Crippen molar-refractivity contribution in [1.29, 1.82) is 0 Å². The highest BCUT2D eigenvalue weighted by Crippen LogP contribution is 2.25. The van der Waals surface area contributed by atoms with E-state index in [1.807, 2.05) is 13.0 Å². The number of aryl methyl sites for hydroxylation is 2. The number of hydrogen-bond donors (Lipinski definition) is 1. The average Bonchev–Trinajstić information content (AvgIpc) is 2.87. The Bertz CT molecular complexity index is 866. The molecule has 0 fully saturated rings. The molecule has 0 saturated carbocycles. The van der Waals surface area contributed by atoms with Gasteiger partial charge in [0.15, 0.2) is 0 Å². The molecule has 3 aromatic rings. The summed E-state index contributed by atoms with van der Waals surface area (Å²) in [7, 11) is 1.52. The largest absolute Gasteiger partial charge is 0.437 e. The molecule has 0 spiro atoms. The summed E-state index contributed by atoms with van der Waals surface area (Å²) >= 11 is 0. The van der Waals surface area contributed by atoms with Gasteiger partial charge in [-0.3, -0.25) is 9.97 Å². The lowest BCUT2D eigenvalue weighted by molar-refractivity contribution is 0.505. The van der Waals surface area contributed by atoms with Crippen molar-refractivity contribution in [3.8, 4) is 22.7 Å². The quantitative estimate of drug-likeness (QED) is 0.768. The van der Waals surface area contributed by atoms with Gasteiger partial charge in [0.2, 0.25) is 0 Å². The zero-order valence-electron chi connectivity index (χ0n) is 12.1. The predicted molar refractivity (Wildman–Crippen MR) is 79.8 cm³/mol. The molecule has 0 atom stereocenters. The van der Waals surface area contributed by atoms with Crippen molar-refractivity contribution in [2.24, 2.45) is 7.05 Å².